The number of hydrogen-bond donors (Lipinski definition) is 1. The first-order chi connectivity index (χ1) is 7.02. The van der Waals surface area contributed by atoms with E-state index in [-0.39, 0.29) is 11.9 Å². The van der Waals surface area contributed by atoms with Crippen LogP contribution < -0.4 is 10.5 Å². The standard InChI is InChI=1S/C12H18FNO/c1-8(2)9(3)15-12-5-10(7-14)4-11(13)6-12/h4-6,8-9H,7,14H2,1-3H3. The van der Waals surface area contributed by atoms with Gasteiger partial charge in [0.15, 0.2) is 0 Å². The maximum atomic E-state index is 13.1. The van der Waals surface area contributed by atoms with Crippen molar-refractivity contribution in [1.29, 1.82) is 0 Å². The lowest BCUT2D eigenvalue weighted by molar-refractivity contribution is 0.169. The maximum absolute atomic E-state index is 13.1. The minimum absolute atomic E-state index is 0.0671. The van der Waals surface area contributed by atoms with Gasteiger partial charge >= 0.3 is 0 Å². The van der Waals surface area contributed by atoms with Crippen LogP contribution in [0.3, 0.4) is 0 Å². The van der Waals surface area contributed by atoms with Crippen LogP contribution in [0.15, 0.2) is 18.2 Å². The van der Waals surface area contributed by atoms with Crippen molar-refractivity contribution in [3.63, 3.8) is 0 Å². The molecule has 0 heterocycles. The Hall–Kier alpha value is -1.09. The third-order valence-electron chi connectivity index (χ3n) is 2.43. The van der Waals surface area contributed by atoms with Crippen molar-refractivity contribution in [2.24, 2.45) is 11.7 Å². The number of hydrogen-bond acceptors (Lipinski definition) is 2. The number of halogens is 1. The molecule has 0 saturated heterocycles. The zero-order valence-electron chi connectivity index (χ0n) is 9.46. The molecule has 3 heteroatoms. The van der Waals surface area contributed by atoms with Gasteiger partial charge in [-0.05, 0) is 30.5 Å². The zero-order chi connectivity index (χ0) is 11.4. The zero-order valence-corrected chi connectivity index (χ0v) is 9.46. The van der Waals surface area contributed by atoms with Crippen LogP contribution in [-0.2, 0) is 6.54 Å². The Labute approximate surface area is 90.2 Å². The van der Waals surface area contributed by atoms with Gasteiger partial charge in [-0.25, -0.2) is 4.39 Å². The molecule has 0 aliphatic heterocycles. The number of nitrogens with two attached hydrogens (primary N) is 1. The summed E-state index contributed by atoms with van der Waals surface area (Å²) in [6.07, 6.45) is 0.0671. The Morgan fingerprint density at radius 3 is 2.47 bits per heavy atom. The second-order valence-electron chi connectivity index (χ2n) is 4.07. The molecular weight excluding hydrogens is 193 g/mol. The molecule has 1 aromatic rings. The molecule has 0 saturated carbocycles. The van der Waals surface area contributed by atoms with Gasteiger partial charge in [-0.3, -0.25) is 0 Å². The lowest BCUT2D eigenvalue weighted by atomic mass is 10.1. The molecule has 1 unspecified atom stereocenters. The van der Waals surface area contributed by atoms with E-state index in [2.05, 4.69) is 13.8 Å². The topological polar surface area (TPSA) is 35.2 Å². The van der Waals surface area contributed by atoms with E-state index in [4.69, 9.17) is 10.5 Å². The van der Waals surface area contributed by atoms with Crippen LogP contribution in [0.2, 0.25) is 0 Å². The highest BCUT2D eigenvalue weighted by molar-refractivity contribution is 5.29. The van der Waals surface area contributed by atoms with Crippen molar-refractivity contribution in [3.05, 3.63) is 29.6 Å². The summed E-state index contributed by atoms with van der Waals surface area (Å²) >= 11 is 0. The van der Waals surface area contributed by atoms with Gasteiger partial charge < -0.3 is 10.5 Å². The molecule has 0 amide bonds. The van der Waals surface area contributed by atoms with E-state index in [1.807, 2.05) is 6.92 Å². The van der Waals surface area contributed by atoms with E-state index in [0.29, 0.717) is 18.2 Å². The number of rotatable bonds is 4. The Morgan fingerprint density at radius 1 is 1.27 bits per heavy atom. The summed E-state index contributed by atoms with van der Waals surface area (Å²) in [5, 5.41) is 0. The van der Waals surface area contributed by atoms with Gasteiger partial charge in [0.2, 0.25) is 0 Å². The van der Waals surface area contributed by atoms with Gasteiger partial charge in [0.25, 0.3) is 0 Å². The van der Waals surface area contributed by atoms with Crippen molar-refractivity contribution in [1.82, 2.24) is 0 Å². The normalized spacial score (nSPS) is 12.9. The number of ether oxygens (including phenoxy) is 1. The van der Waals surface area contributed by atoms with Crippen LogP contribution in [0.25, 0.3) is 0 Å². The van der Waals surface area contributed by atoms with E-state index < -0.39 is 0 Å². The van der Waals surface area contributed by atoms with Crippen molar-refractivity contribution >= 4 is 0 Å². The highest BCUT2D eigenvalue weighted by Gasteiger charge is 2.09. The lowest BCUT2D eigenvalue weighted by Crippen LogP contribution is -2.18. The van der Waals surface area contributed by atoms with Gasteiger partial charge in [-0.1, -0.05) is 13.8 Å². The van der Waals surface area contributed by atoms with Gasteiger partial charge in [-0.15, -0.1) is 0 Å². The summed E-state index contributed by atoms with van der Waals surface area (Å²) in [5.74, 6) is 0.648. The van der Waals surface area contributed by atoms with Gasteiger partial charge in [0.1, 0.15) is 11.6 Å². The molecule has 2 nitrogen and oxygen atoms in total. The SMILES string of the molecule is CC(C)C(C)Oc1cc(F)cc(CN)c1. The first-order valence-corrected chi connectivity index (χ1v) is 5.19. The van der Waals surface area contributed by atoms with Gasteiger partial charge in [-0.2, -0.15) is 0 Å². The summed E-state index contributed by atoms with van der Waals surface area (Å²) in [6, 6.07) is 4.59. The average molecular weight is 211 g/mol. The van der Waals surface area contributed by atoms with Crippen LogP contribution in [0.5, 0.6) is 5.75 Å². The maximum Gasteiger partial charge on any atom is 0.127 e. The molecule has 0 aromatic heterocycles. The summed E-state index contributed by atoms with van der Waals surface area (Å²) in [7, 11) is 0. The van der Waals surface area contributed by atoms with E-state index in [0.717, 1.165) is 5.56 Å². The van der Waals surface area contributed by atoms with Crippen LogP contribution in [0.1, 0.15) is 26.3 Å². The van der Waals surface area contributed by atoms with Gasteiger partial charge in [0, 0.05) is 12.6 Å². The molecule has 2 N–H and O–H groups in total. The predicted molar refractivity (Wildman–Crippen MR) is 59.2 cm³/mol. The Balaban J connectivity index is 2.80. The molecular formula is C12H18FNO. The van der Waals surface area contributed by atoms with Crippen molar-refractivity contribution < 1.29 is 9.13 Å². The van der Waals surface area contributed by atoms with E-state index in [1.165, 1.54) is 12.1 Å². The van der Waals surface area contributed by atoms with E-state index >= 15 is 0 Å². The summed E-state index contributed by atoms with van der Waals surface area (Å²) in [4.78, 5) is 0. The molecule has 15 heavy (non-hydrogen) atoms. The summed E-state index contributed by atoms with van der Waals surface area (Å²) < 4.78 is 18.7. The van der Waals surface area contributed by atoms with Crippen LogP contribution >= 0.6 is 0 Å². The third-order valence-corrected chi connectivity index (χ3v) is 2.43. The highest BCUT2D eigenvalue weighted by atomic mass is 19.1. The fourth-order valence-corrected chi connectivity index (χ4v) is 1.16. The molecule has 0 fully saturated rings. The Bertz CT molecular complexity index is 325. The minimum atomic E-state index is -0.302. The molecule has 0 aliphatic carbocycles. The third kappa shape index (κ3) is 3.51. The predicted octanol–water partition coefficient (Wildman–Crippen LogP) is 2.71. The second-order valence-corrected chi connectivity index (χ2v) is 4.07. The summed E-state index contributed by atoms with van der Waals surface area (Å²) in [5.41, 5.74) is 6.21. The lowest BCUT2D eigenvalue weighted by Gasteiger charge is -2.18. The van der Waals surface area contributed by atoms with E-state index in [9.17, 15) is 4.39 Å². The molecule has 0 radical (unpaired) electrons. The van der Waals surface area contributed by atoms with Crippen LogP contribution in [0.4, 0.5) is 4.39 Å². The minimum Gasteiger partial charge on any atom is -0.490 e. The first kappa shape index (κ1) is 12.0. The Kier molecular flexibility index (Phi) is 4.09. The molecule has 1 aromatic carbocycles. The average Bonchev–Trinajstić information content (AvgIpc) is 2.16. The quantitative estimate of drug-likeness (QED) is 0.831. The fraction of sp³-hybridized carbons (Fsp3) is 0.500. The molecule has 0 bridgehead atoms. The molecule has 84 valence electrons. The number of benzene rings is 1. The largest absolute Gasteiger partial charge is 0.490 e. The van der Waals surface area contributed by atoms with Crippen molar-refractivity contribution in [2.75, 3.05) is 0 Å². The van der Waals surface area contributed by atoms with Gasteiger partial charge in [0.05, 0.1) is 6.10 Å². The second kappa shape index (κ2) is 5.12. The van der Waals surface area contributed by atoms with E-state index in [1.54, 1.807) is 6.07 Å². The molecule has 0 spiro atoms. The van der Waals surface area contributed by atoms with Crippen LogP contribution in [0, 0.1) is 11.7 Å². The fourth-order valence-electron chi connectivity index (χ4n) is 1.16. The van der Waals surface area contributed by atoms with Crippen molar-refractivity contribution in [3.8, 4) is 5.75 Å². The van der Waals surface area contributed by atoms with Crippen LogP contribution in [-0.4, -0.2) is 6.10 Å². The Morgan fingerprint density at radius 2 is 1.93 bits per heavy atom. The summed E-state index contributed by atoms with van der Waals surface area (Å²) in [6.45, 7) is 6.42. The highest BCUT2D eigenvalue weighted by Crippen LogP contribution is 2.19. The smallest absolute Gasteiger partial charge is 0.127 e. The molecule has 0 aliphatic rings. The monoisotopic (exact) mass is 211 g/mol. The van der Waals surface area contributed by atoms with Crippen molar-refractivity contribution in [2.45, 2.75) is 33.4 Å². The first-order valence-electron chi connectivity index (χ1n) is 5.19. The molecule has 1 rings (SSSR count). The molecule has 1 atom stereocenters.